The molecule has 2 heterocycles. The van der Waals surface area contributed by atoms with Gasteiger partial charge in [-0.05, 0) is 16.7 Å². The largest absolute Gasteiger partial charge is 0.394 e. The van der Waals surface area contributed by atoms with Crippen LogP contribution in [0.3, 0.4) is 0 Å². The monoisotopic (exact) mass is 626 g/mol. The van der Waals surface area contributed by atoms with Gasteiger partial charge in [0, 0.05) is 7.11 Å². The molecule has 0 amide bonds. The molecule has 0 saturated carbocycles. The van der Waals surface area contributed by atoms with Gasteiger partial charge in [-0.1, -0.05) is 91.0 Å². The SMILES string of the molecule is CO[C@H]1O[C@H](CO[C@H]2O[C@H](CO)[C@@H](O)[C@H](O)[C@@H]2O)[C@@H](OCc2ccccc2)[C@H](OCc2ccccc2)[C@H]1OCc1ccccc1. The summed E-state index contributed by atoms with van der Waals surface area (Å²) in [7, 11) is 1.51. The molecule has 45 heavy (non-hydrogen) atoms. The second-order valence-electron chi connectivity index (χ2n) is 11.1. The Hall–Kier alpha value is -2.78. The molecule has 5 rings (SSSR count). The maximum absolute atomic E-state index is 10.6. The van der Waals surface area contributed by atoms with E-state index in [0.29, 0.717) is 0 Å². The molecule has 11 nitrogen and oxygen atoms in total. The van der Waals surface area contributed by atoms with E-state index < -0.39 is 68.0 Å². The van der Waals surface area contributed by atoms with Crippen LogP contribution in [0.25, 0.3) is 0 Å². The summed E-state index contributed by atoms with van der Waals surface area (Å²) in [6.07, 6.45) is -10.9. The third kappa shape index (κ3) is 8.73. The first-order valence-corrected chi connectivity index (χ1v) is 15.1. The summed E-state index contributed by atoms with van der Waals surface area (Å²) < 4.78 is 43.1. The Morgan fingerprint density at radius 2 is 1.00 bits per heavy atom. The highest BCUT2D eigenvalue weighted by Gasteiger charge is 2.50. The summed E-state index contributed by atoms with van der Waals surface area (Å²) >= 11 is 0. The lowest BCUT2D eigenvalue weighted by Crippen LogP contribution is -2.63. The van der Waals surface area contributed by atoms with Crippen molar-refractivity contribution in [2.24, 2.45) is 0 Å². The average Bonchev–Trinajstić information content (AvgIpc) is 3.09. The minimum atomic E-state index is -1.58. The molecular formula is C34H42O11. The Morgan fingerprint density at radius 1 is 0.533 bits per heavy atom. The van der Waals surface area contributed by atoms with Crippen LogP contribution in [-0.2, 0) is 53.0 Å². The highest BCUT2D eigenvalue weighted by Crippen LogP contribution is 2.32. The number of aliphatic hydroxyl groups is 4. The minimum Gasteiger partial charge on any atom is -0.394 e. The van der Waals surface area contributed by atoms with Crippen LogP contribution in [0.2, 0.25) is 0 Å². The summed E-state index contributed by atoms with van der Waals surface area (Å²) in [5, 5.41) is 40.6. The number of hydrogen-bond acceptors (Lipinski definition) is 11. The van der Waals surface area contributed by atoms with Gasteiger partial charge in [-0.25, -0.2) is 0 Å². The Kier molecular flexibility index (Phi) is 12.4. The van der Waals surface area contributed by atoms with Crippen LogP contribution < -0.4 is 0 Å². The number of aliphatic hydroxyl groups excluding tert-OH is 4. The molecule has 2 fully saturated rings. The lowest BCUT2D eigenvalue weighted by atomic mass is 9.97. The van der Waals surface area contributed by atoms with Crippen LogP contribution in [0.1, 0.15) is 16.7 Å². The van der Waals surface area contributed by atoms with Crippen LogP contribution >= 0.6 is 0 Å². The molecule has 3 aromatic carbocycles. The molecule has 244 valence electrons. The van der Waals surface area contributed by atoms with Gasteiger partial charge >= 0.3 is 0 Å². The van der Waals surface area contributed by atoms with E-state index in [1.165, 1.54) is 7.11 Å². The van der Waals surface area contributed by atoms with Crippen molar-refractivity contribution in [3.05, 3.63) is 108 Å². The molecule has 11 heteroatoms. The zero-order chi connectivity index (χ0) is 31.6. The lowest BCUT2D eigenvalue weighted by Gasteiger charge is -2.46. The Morgan fingerprint density at radius 3 is 1.49 bits per heavy atom. The van der Waals surface area contributed by atoms with Gasteiger partial charge in [0.25, 0.3) is 0 Å². The molecule has 2 aliphatic heterocycles. The quantitative estimate of drug-likeness (QED) is 0.208. The summed E-state index contributed by atoms with van der Waals surface area (Å²) in [6, 6.07) is 29.1. The predicted octanol–water partition coefficient (Wildman–Crippen LogP) is 1.93. The number of hydrogen-bond donors (Lipinski definition) is 4. The number of ether oxygens (including phenoxy) is 7. The first-order valence-electron chi connectivity index (χ1n) is 15.1. The Labute approximate surface area is 262 Å². The fourth-order valence-electron chi connectivity index (χ4n) is 5.46. The second kappa shape index (κ2) is 16.7. The van der Waals surface area contributed by atoms with Gasteiger partial charge in [-0.2, -0.15) is 0 Å². The van der Waals surface area contributed by atoms with Crippen molar-refractivity contribution in [2.45, 2.75) is 81.2 Å². The van der Waals surface area contributed by atoms with Gasteiger partial charge < -0.3 is 53.6 Å². The molecule has 0 bridgehead atoms. The average molecular weight is 627 g/mol. The Balaban J connectivity index is 1.40. The molecule has 0 spiro atoms. The van der Waals surface area contributed by atoms with Crippen molar-refractivity contribution in [2.75, 3.05) is 20.3 Å². The van der Waals surface area contributed by atoms with Gasteiger partial charge in [-0.3, -0.25) is 0 Å². The van der Waals surface area contributed by atoms with Crippen LogP contribution in [-0.4, -0.2) is 102 Å². The third-order valence-corrected chi connectivity index (χ3v) is 7.95. The second-order valence-corrected chi connectivity index (χ2v) is 11.1. The molecule has 2 saturated heterocycles. The fourth-order valence-corrected chi connectivity index (χ4v) is 5.46. The topological polar surface area (TPSA) is 146 Å². The standard InChI is InChI=1S/C34H42O11/c1-39-34-32(42-20-24-15-9-4-10-16-24)31(41-19-23-13-7-3-8-14-23)30(40-18-22-11-5-2-6-12-22)26(45-34)21-43-33-29(38)28(37)27(36)25(17-35)44-33/h2-16,25-38H,17-21H2,1H3/t25-,26-,27-,28+,29+,30-,31+,32-,33+,34+/m1/s1. The third-order valence-electron chi connectivity index (χ3n) is 7.95. The van der Waals surface area contributed by atoms with Crippen LogP contribution in [0, 0.1) is 0 Å². The van der Waals surface area contributed by atoms with Crippen molar-refractivity contribution in [1.29, 1.82) is 0 Å². The molecule has 3 aromatic rings. The molecule has 2 aliphatic rings. The number of benzene rings is 3. The molecule has 0 aliphatic carbocycles. The summed E-state index contributed by atoms with van der Waals surface area (Å²) in [5.41, 5.74) is 2.85. The van der Waals surface area contributed by atoms with E-state index in [2.05, 4.69) is 0 Å². The summed E-state index contributed by atoms with van der Waals surface area (Å²) in [5.74, 6) is 0. The van der Waals surface area contributed by atoms with Gasteiger partial charge in [0.15, 0.2) is 12.6 Å². The van der Waals surface area contributed by atoms with E-state index in [1.54, 1.807) is 0 Å². The van der Waals surface area contributed by atoms with Crippen molar-refractivity contribution in [3.8, 4) is 0 Å². The van der Waals surface area contributed by atoms with E-state index in [0.717, 1.165) is 16.7 Å². The van der Waals surface area contributed by atoms with Crippen molar-refractivity contribution in [3.63, 3.8) is 0 Å². The number of rotatable bonds is 14. The maximum atomic E-state index is 10.6. The lowest BCUT2D eigenvalue weighted by molar-refractivity contribution is -0.341. The number of methoxy groups -OCH3 is 1. The zero-order valence-corrected chi connectivity index (χ0v) is 25.1. The predicted molar refractivity (Wildman–Crippen MR) is 160 cm³/mol. The van der Waals surface area contributed by atoms with Crippen LogP contribution in [0.4, 0.5) is 0 Å². The van der Waals surface area contributed by atoms with E-state index >= 15 is 0 Å². The fraction of sp³-hybridized carbons (Fsp3) is 0.471. The normalized spacial score (nSPS) is 31.9. The van der Waals surface area contributed by atoms with Crippen molar-refractivity contribution in [1.82, 2.24) is 0 Å². The zero-order valence-electron chi connectivity index (χ0n) is 25.1. The van der Waals surface area contributed by atoms with Crippen LogP contribution in [0.5, 0.6) is 0 Å². The molecule has 0 unspecified atom stereocenters. The molecule has 0 aromatic heterocycles. The smallest absolute Gasteiger partial charge is 0.186 e. The van der Waals surface area contributed by atoms with Crippen molar-refractivity contribution < 1.29 is 53.6 Å². The van der Waals surface area contributed by atoms with Crippen molar-refractivity contribution >= 4 is 0 Å². The Bertz CT molecular complexity index is 1250. The summed E-state index contributed by atoms with van der Waals surface area (Å²) in [4.78, 5) is 0. The first kappa shape index (κ1) is 33.6. The molecule has 10 atom stereocenters. The highest BCUT2D eigenvalue weighted by molar-refractivity contribution is 5.15. The molecular weight excluding hydrogens is 584 g/mol. The highest BCUT2D eigenvalue weighted by atomic mass is 16.7. The molecule has 4 N–H and O–H groups in total. The van der Waals surface area contributed by atoms with E-state index in [-0.39, 0.29) is 26.4 Å². The van der Waals surface area contributed by atoms with E-state index in [4.69, 9.17) is 33.2 Å². The minimum absolute atomic E-state index is 0.168. The van der Waals surface area contributed by atoms with E-state index in [9.17, 15) is 20.4 Å². The summed E-state index contributed by atoms with van der Waals surface area (Å²) in [6.45, 7) is 0.0311. The van der Waals surface area contributed by atoms with E-state index in [1.807, 2.05) is 91.0 Å². The first-order chi connectivity index (χ1) is 22.0. The maximum Gasteiger partial charge on any atom is 0.186 e. The molecule has 0 radical (unpaired) electrons. The van der Waals surface area contributed by atoms with Gasteiger partial charge in [0.2, 0.25) is 0 Å². The van der Waals surface area contributed by atoms with Gasteiger partial charge in [-0.15, -0.1) is 0 Å². The van der Waals surface area contributed by atoms with Gasteiger partial charge in [0.1, 0.15) is 48.8 Å². The van der Waals surface area contributed by atoms with Gasteiger partial charge in [0.05, 0.1) is 33.0 Å². The van der Waals surface area contributed by atoms with Crippen LogP contribution in [0.15, 0.2) is 91.0 Å².